The van der Waals surface area contributed by atoms with Crippen LogP contribution in [0.3, 0.4) is 0 Å². The second-order valence-corrected chi connectivity index (χ2v) is 5.10. The highest BCUT2D eigenvalue weighted by atomic mass is 16.3. The predicted octanol–water partition coefficient (Wildman–Crippen LogP) is 0.655. The molecule has 1 amide bonds. The van der Waals surface area contributed by atoms with Gasteiger partial charge in [-0.05, 0) is 13.8 Å². The lowest BCUT2D eigenvalue weighted by Gasteiger charge is -2.19. The molecule has 0 spiro atoms. The van der Waals surface area contributed by atoms with Crippen LogP contribution in [0.4, 0.5) is 0 Å². The minimum Gasteiger partial charge on any atom is -0.392 e. The van der Waals surface area contributed by atoms with Crippen LogP contribution in [-0.2, 0) is 0 Å². The number of rotatable bonds is 4. The Hall–Kier alpha value is -1.69. The van der Waals surface area contributed by atoms with Gasteiger partial charge in [0.05, 0.1) is 11.8 Å². The number of hydrogen-bond donors (Lipinski definition) is 2. The average molecular weight is 267 g/mol. The predicted molar refractivity (Wildman–Crippen MR) is 72.3 cm³/mol. The molecule has 0 bridgehead atoms. The van der Waals surface area contributed by atoms with Gasteiger partial charge >= 0.3 is 0 Å². The second-order valence-electron chi connectivity index (χ2n) is 5.10. The third-order valence-corrected chi connectivity index (χ3v) is 2.76. The van der Waals surface area contributed by atoms with E-state index in [9.17, 15) is 14.7 Å². The van der Waals surface area contributed by atoms with Gasteiger partial charge in [0, 0.05) is 19.5 Å². The van der Waals surface area contributed by atoms with Crippen LogP contribution in [0, 0.1) is 6.92 Å². The zero-order valence-electron chi connectivity index (χ0n) is 12.0. The molecule has 0 aliphatic heterocycles. The lowest BCUT2D eigenvalue weighted by atomic mass is 10.1. The molecule has 19 heavy (non-hydrogen) atoms. The van der Waals surface area contributed by atoms with Crippen LogP contribution >= 0.6 is 0 Å². The topological polar surface area (TPSA) is 86.3 Å². The molecule has 0 saturated heterocycles. The first-order chi connectivity index (χ1) is 8.73. The van der Waals surface area contributed by atoms with E-state index in [4.69, 9.17) is 0 Å². The number of aromatic amines is 1. The Kier molecular flexibility index (Phi) is 4.83. The molecular formula is C13H21N3O3. The first-order valence-corrected chi connectivity index (χ1v) is 6.28. The molecular weight excluding hydrogens is 246 g/mol. The average Bonchev–Trinajstić information content (AvgIpc) is 2.26. The number of aliphatic hydroxyl groups is 1. The summed E-state index contributed by atoms with van der Waals surface area (Å²) in [5, 5.41) is 9.28. The fraction of sp³-hybridized carbons (Fsp3) is 0.615. The fourth-order valence-corrected chi connectivity index (χ4v) is 1.80. The van der Waals surface area contributed by atoms with Crippen molar-refractivity contribution in [3.05, 3.63) is 27.4 Å². The molecule has 2 N–H and O–H groups in total. The maximum atomic E-state index is 12.2. The maximum absolute atomic E-state index is 12.2. The minimum atomic E-state index is -0.642. The molecule has 0 fully saturated rings. The highest BCUT2D eigenvalue weighted by Crippen LogP contribution is 2.10. The van der Waals surface area contributed by atoms with Gasteiger partial charge in [0.2, 0.25) is 0 Å². The fourth-order valence-electron chi connectivity index (χ4n) is 1.80. The lowest BCUT2D eigenvalue weighted by Crippen LogP contribution is -2.37. The molecule has 0 aliphatic rings. The van der Waals surface area contributed by atoms with Crippen molar-refractivity contribution < 1.29 is 9.90 Å². The Balaban J connectivity index is 3.15. The monoisotopic (exact) mass is 267 g/mol. The molecule has 6 nitrogen and oxygen atoms in total. The number of likely N-dealkylation sites (N-methyl/N-ethyl adjacent to an activating group) is 1. The molecule has 106 valence electrons. The number of H-pyrrole nitrogens is 1. The summed E-state index contributed by atoms with van der Waals surface area (Å²) in [6.07, 6.45) is -0.642. The van der Waals surface area contributed by atoms with Crippen molar-refractivity contribution in [3.63, 3.8) is 0 Å². The highest BCUT2D eigenvalue weighted by Gasteiger charge is 2.21. The molecule has 0 radical (unpaired) electrons. The minimum absolute atomic E-state index is 0.0348. The van der Waals surface area contributed by atoms with E-state index in [2.05, 4.69) is 9.97 Å². The third kappa shape index (κ3) is 3.64. The van der Waals surface area contributed by atoms with E-state index in [-0.39, 0.29) is 18.0 Å². The molecule has 0 saturated carbocycles. The summed E-state index contributed by atoms with van der Waals surface area (Å²) in [5.41, 5.74) is 0.0149. The van der Waals surface area contributed by atoms with E-state index >= 15 is 0 Å². The van der Waals surface area contributed by atoms with Crippen LogP contribution in [0.15, 0.2) is 4.79 Å². The van der Waals surface area contributed by atoms with Crippen LogP contribution in [0.5, 0.6) is 0 Å². The van der Waals surface area contributed by atoms with Gasteiger partial charge in [-0.2, -0.15) is 0 Å². The smallest absolute Gasteiger partial charge is 0.264 e. The number of aryl methyl sites for hydroxylation is 1. The van der Waals surface area contributed by atoms with Crippen molar-refractivity contribution in [2.24, 2.45) is 0 Å². The molecule has 0 aromatic carbocycles. The summed E-state index contributed by atoms with van der Waals surface area (Å²) in [6, 6.07) is 0. The molecule has 1 atom stereocenters. The van der Waals surface area contributed by atoms with Crippen molar-refractivity contribution in [3.8, 4) is 0 Å². The van der Waals surface area contributed by atoms with Crippen molar-refractivity contribution in [1.29, 1.82) is 0 Å². The van der Waals surface area contributed by atoms with Gasteiger partial charge in [0.15, 0.2) is 0 Å². The van der Waals surface area contributed by atoms with E-state index in [1.165, 1.54) is 4.90 Å². The highest BCUT2D eigenvalue weighted by molar-refractivity contribution is 5.94. The lowest BCUT2D eigenvalue weighted by molar-refractivity contribution is 0.0700. The summed E-state index contributed by atoms with van der Waals surface area (Å²) >= 11 is 0. The van der Waals surface area contributed by atoms with E-state index in [1.54, 1.807) is 20.9 Å². The summed E-state index contributed by atoms with van der Waals surface area (Å²) < 4.78 is 0. The Labute approximate surface area is 112 Å². The number of aromatic nitrogens is 2. The maximum Gasteiger partial charge on any atom is 0.264 e. The molecule has 1 unspecified atom stereocenters. The van der Waals surface area contributed by atoms with Crippen molar-refractivity contribution in [1.82, 2.24) is 14.9 Å². The Bertz CT molecular complexity index is 520. The van der Waals surface area contributed by atoms with Crippen molar-refractivity contribution >= 4 is 5.91 Å². The van der Waals surface area contributed by atoms with Crippen molar-refractivity contribution in [2.75, 3.05) is 13.6 Å². The van der Waals surface area contributed by atoms with Gasteiger partial charge in [-0.3, -0.25) is 9.59 Å². The first-order valence-electron chi connectivity index (χ1n) is 6.28. The third-order valence-electron chi connectivity index (χ3n) is 2.76. The number of nitrogens with zero attached hydrogens (tertiary/aromatic N) is 2. The number of hydrogen-bond acceptors (Lipinski definition) is 4. The van der Waals surface area contributed by atoms with Gasteiger partial charge in [-0.25, -0.2) is 4.98 Å². The normalized spacial score (nSPS) is 12.6. The number of amides is 1. The Morgan fingerprint density at radius 2 is 2.00 bits per heavy atom. The van der Waals surface area contributed by atoms with Crippen molar-refractivity contribution in [2.45, 2.75) is 39.7 Å². The van der Waals surface area contributed by atoms with E-state index in [0.29, 0.717) is 11.5 Å². The van der Waals surface area contributed by atoms with Crippen LogP contribution in [-0.4, -0.2) is 45.6 Å². The van der Waals surface area contributed by atoms with E-state index in [0.717, 1.165) is 0 Å². The second kappa shape index (κ2) is 5.97. The van der Waals surface area contributed by atoms with Gasteiger partial charge in [0.1, 0.15) is 11.4 Å². The van der Waals surface area contributed by atoms with E-state index in [1.807, 2.05) is 13.8 Å². The molecule has 1 heterocycles. The van der Waals surface area contributed by atoms with Gasteiger partial charge in [0.25, 0.3) is 11.5 Å². The van der Waals surface area contributed by atoms with Crippen LogP contribution in [0.2, 0.25) is 0 Å². The summed E-state index contributed by atoms with van der Waals surface area (Å²) in [5.74, 6) is 0.227. The van der Waals surface area contributed by atoms with Crippen LogP contribution < -0.4 is 5.56 Å². The van der Waals surface area contributed by atoms with Gasteiger partial charge < -0.3 is 15.0 Å². The molecule has 1 aromatic heterocycles. The zero-order chi connectivity index (χ0) is 14.7. The summed E-state index contributed by atoms with van der Waals surface area (Å²) in [6.45, 7) is 7.23. The van der Waals surface area contributed by atoms with Gasteiger partial charge in [-0.1, -0.05) is 13.8 Å². The molecule has 1 rings (SSSR count). The number of aliphatic hydroxyl groups excluding tert-OH is 1. The molecule has 0 aliphatic carbocycles. The number of carbonyl (C=O) groups is 1. The SMILES string of the molecule is Cc1nc(C(C)C)[nH]c(=O)c1C(=O)N(C)CC(C)O. The zero-order valence-corrected chi connectivity index (χ0v) is 12.0. The summed E-state index contributed by atoms with van der Waals surface area (Å²) in [7, 11) is 1.55. The molecule has 6 heteroatoms. The standard InChI is InChI=1S/C13H21N3O3/c1-7(2)11-14-9(4)10(12(18)15-11)13(19)16(5)6-8(3)17/h7-8,17H,6H2,1-5H3,(H,14,15,18). The van der Waals surface area contributed by atoms with Crippen LogP contribution in [0.25, 0.3) is 0 Å². The largest absolute Gasteiger partial charge is 0.392 e. The Morgan fingerprint density at radius 3 is 2.42 bits per heavy atom. The number of carbonyl (C=O) groups excluding carboxylic acids is 1. The first kappa shape index (κ1) is 15.4. The summed E-state index contributed by atoms with van der Waals surface area (Å²) in [4.78, 5) is 32.3. The van der Waals surface area contributed by atoms with Gasteiger partial charge in [-0.15, -0.1) is 0 Å². The molecule has 1 aromatic rings. The quantitative estimate of drug-likeness (QED) is 0.839. The van der Waals surface area contributed by atoms with Crippen LogP contribution in [0.1, 0.15) is 48.6 Å². The Morgan fingerprint density at radius 1 is 1.42 bits per heavy atom. The number of nitrogens with one attached hydrogen (secondary N) is 1. The van der Waals surface area contributed by atoms with E-state index < -0.39 is 17.6 Å².